The Balaban J connectivity index is 2.20. The number of pyridine rings is 2. The van der Waals surface area contributed by atoms with Gasteiger partial charge in [-0.2, -0.15) is 4.39 Å². The number of carbonyl (C=O) groups excluding carboxylic acids is 1. The van der Waals surface area contributed by atoms with Crippen molar-refractivity contribution in [2.45, 2.75) is 6.92 Å². The van der Waals surface area contributed by atoms with E-state index in [1.807, 2.05) is 6.92 Å². The monoisotopic (exact) mass is 231 g/mol. The molecule has 2 heterocycles. The maximum Gasteiger partial charge on any atom is 0.255 e. The quantitative estimate of drug-likeness (QED) is 0.806. The molecule has 1 amide bonds. The summed E-state index contributed by atoms with van der Waals surface area (Å²) >= 11 is 0. The molecule has 0 saturated heterocycles. The Bertz CT molecular complexity index is 557. The zero-order valence-electron chi connectivity index (χ0n) is 9.14. The van der Waals surface area contributed by atoms with Crippen LogP contribution in [0.4, 0.5) is 10.1 Å². The van der Waals surface area contributed by atoms with Gasteiger partial charge >= 0.3 is 0 Å². The van der Waals surface area contributed by atoms with E-state index in [9.17, 15) is 9.18 Å². The predicted molar refractivity (Wildman–Crippen MR) is 61.1 cm³/mol. The minimum Gasteiger partial charge on any atom is -0.322 e. The van der Waals surface area contributed by atoms with E-state index in [1.54, 1.807) is 18.5 Å². The van der Waals surface area contributed by atoms with E-state index in [0.717, 1.165) is 11.6 Å². The second kappa shape index (κ2) is 4.69. The maximum absolute atomic E-state index is 12.8. The lowest BCUT2D eigenvalue weighted by Gasteiger charge is -2.07. The number of hydrogen-bond acceptors (Lipinski definition) is 3. The Morgan fingerprint density at radius 1 is 1.35 bits per heavy atom. The molecular formula is C12H10FN3O. The molecule has 0 fully saturated rings. The first kappa shape index (κ1) is 11.2. The number of carbonyl (C=O) groups is 1. The minimum absolute atomic E-state index is 0.230. The van der Waals surface area contributed by atoms with Crippen molar-refractivity contribution in [3.8, 4) is 0 Å². The molecule has 2 aromatic heterocycles. The molecule has 4 nitrogen and oxygen atoms in total. The molecule has 0 aliphatic carbocycles. The van der Waals surface area contributed by atoms with Gasteiger partial charge < -0.3 is 5.32 Å². The smallest absolute Gasteiger partial charge is 0.255 e. The molecule has 2 aromatic rings. The molecular weight excluding hydrogens is 221 g/mol. The van der Waals surface area contributed by atoms with Crippen LogP contribution in [0.5, 0.6) is 0 Å². The summed E-state index contributed by atoms with van der Waals surface area (Å²) in [5.74, 6) is -1.05. The van der Waals surface area contributed by atoms with Crippen LogP contribution in [0.3, 0.4) is 0 Å². The summed E-state index contributed by atoms with van der Waals surface area (Å²) in [6.45, 7) is 1.83. The number of hydrogen-bond donors (Lipinski definition) is 1. The Morgan fingerprint density at radius 2 is 2.18 bits per heavy atom. The standard InChI is InChI=1S/C12H10FN3O/c1-8-7-14-4-3-10(8)16-12(17)9-2-5-15-11(13)6-9/h2-7H,1H3,(H,14,16,17). The normalized spacial score (nSPS) is 10.0. The van der Waals surface area contributed by atoms with Crippen molar-refractivity contribution >= 4 is 11.6 Å². The van der Waals surface area contributed by atoms with Crippen molar-refractivity contribution in [3.63, 3.8) is 0 Å². The maximum atomic E-state index is 12.8. The molecule has 5 heteroatoms. The van der Waals surface area contributed by atoms with Crippen LogP contribution in [0.2, 0.25) is 0 Å². The van der Waals surface area contributed by atoms with Crippen molar-refractivity contribution in [1.82, 2.24) is 9.97 Å². The number of aromatic nitrogens is 2. The highest BCUT2D eigenvalue weighted by atomic mass is 19.1. The van der Waals surface area contributed by atoms with Gasteiger partial charge in [0.15, 0.2) is 0 Å². The third-order valence-electron chi connectivity index (χ3n) is 2.26. The van der Waals surface area contributed by atoms with Gasteiger partial charge in [0.05, 0.1) is 0 Å². The van der Waals surface area contributed by atoms with Gasteiger partial charge in [-0.1, -0.05) is 0 Å². The van der Waals surface area contributed by atoms with Crippen LogP contribution in [0.1, 0.15) is 15.9 Å². The van der Waals surface area contributed by atoms with Gasteiger partial charge in [-0.15, -0.1) is 0 Å². The molecule has 2 rings (SSSR count). The van der Waals surface area contributed by atoms with Crippen LogP contribution in [0.25, 0.3) is 0 Å². The van der Waals surface area contributed by atoms with Gasteiger partial charge in [0.1, 0.15) is 0 Å². The number of aryl methyl sites for hydroxylation is 1. The summed E-state index contributed by atoms with van der Waals surface area (Å²) in [6.07, 6.45) is 4.47. The van der Waals surface area contributed by atoms with Crippen LogP contribution in [0, 0.1) is 12.9 Å². The summed E-state index contributed by atoms with van der Waals surface area (Å²) in [5.41, 5.74) is 1.73. The zero-order chi connectivity index (χ0) is 12.3. The molecule has 1 N–H and O–H groups in total. The zero-order valence-corrected chi connectivity index (χ0v) is 9.14. The molecule has 0 spiro atoms. The van der Waals surface area contributed by atoms with Crippen LogP contribution >= 0.6 is 0 Å². The molecule has 0 atom stereocenters. The summed E-state index contributed by atoms with van der Waals surface area (Å²) < 4.78 is 12.8. The molecule has 0 radical (unpaired) electrons. The summed E-state index contributed by atoms with van der Waals surface area (Å²) in [6, 6.07) is 4.23. The largest absolute Gasteiger partial charge is 0.322 e. The van der Waals surface area contributed by atoms with Gasteiger partial charge in [-0.05, 0) is 24.6 Å². The lowest BCUT2D eigenvalue weighted by Crippen LogP contribution is -2.13. The number of amides is 1. The van der Waals surface area contributed by atoms with Crippen LogP contribution < -0.4 is 5.32 Å². The van der Waals surface area contributed by atoms with E-state index in [2.05, 4.69) is 15.3 Å². The van der Waals surface area contributed by atoms with Gasteiger partial charge in [-0.25, -0.2) is 4.98 Å². The lowest BCUT2D eigenvalue weighted by molar-refractivity contribution is 0.102. The van der Waals surface area contributed by atoms with Crippen molar-refractivity contribution in [1.29, 1.82) is 0 Å². The Morgan fingerprint density at radius 3 is 2.88 bits per heavy atom. The Labute approximate surface area is 97.5 Å². The second-order valence-electron chi connectivity index (χ2n) is 3.51. The van der Waals surface area contributed by atoms with Crippen molar-refractivity contribution in [2.75, 3.05) is 5.32 Å². The number of nitrogens with zero attached hydrogens (tertiary/aromatic N) is 2. The fraction of sp³-hybridized carbons (Fsp3) is 0.0833. The van der Waals surface area contributed by atoms with Crippen molar-refractivity contribution < 1.29 is 9.18 Å². The van der Waals surface area contributed by atoms with Crippen molar-refractivity contribution in [2.24, 2.45) is 0 Å². The van der Waals surface area contributed by atoms with Crippen LogP contribution in [0.15, 0.2) is 36.8 Å². The van der Waals surface area contributed by atoms with Gasteiger partial charge in [0.2, 0.25) is 5.95 Å². The first-order valence-corrected chi connectivity index (χ1v) is 5.00. The SMILES string of the molecule is Cc1cnccc1NC(=O)c1ccnc(F)c1. The highest BCUT2D eigenvalue weighted by Gasteiger charge is 2.08. The molecule has 0 saturated carbocycles. The van der Waals surface area contributed by atoms with E-state index < -0.39 is 5.95 Å². The molecule has 17 heavy (non-hydrogen) atoms. The Hall–Kier alpha value is -2.30. The van der Waals surface area contributed by atoms with E-state index in [4.69, 9.17) is 0 Å². The summed E-state index contributed by atoms with van der Waals surface area (Å²) in [4.78, 5) is 19.1. The molecule has 0 bridgehead atoms. The van der Waals surface area contributed by atoms with E-state index in [-0.39, 0.29) is 11.5 Å². The number of anilines is 1. The second-order valence-corrected chi connectivity index (χ2v) is 3.51. The average Bonchev–Trinajstić information content (AvgIpc) is 2.32. The topological polar surface area (TPSA) is 54.9 Å². The number of nitrogens with one attached hydrogen (secondary N) is 1. The first-order valence-electron chi connectivity index (χ1n) is 5.00. The summed E-state index contributed by atoms with van der Waals surface area (Å²) in [5, 5.41) is 2.68. The molecule has 0 aliphatic heterocycles. The van der Waals surface area contributed by atoms with Gasteiger partial charge in [-0.3, -0.25) is 9.78 Å². The number of halogens is 1. The molecule has 0 aromatic carbocycles. The highest BCUT2D eigenvalue weighted by Crippen LogP contribution is 2.13. The van der Waals surface area contributed by atoms with Gasteiger partial charge in [0, 0.05) is 35.9 Å². The predicted octanol–water partition coefficient (Wildman–Crippen LogP) is 2.18. The first-order chi connectivity index (χ1) is 8.16. The average molecular weight is 231 g/mol. The molecule has 0 unspecified atom stereocenters. The van der Waals surface area contributed by atoms with Crippen molar-refractivity contribution in [3.05, 3.63) is 53.9 Å². The number of rotatable bonds is 2. The Kier molecular flexibility index (Phi) is 3.09. The third kappa shape index (κ3) is 2.63. The summed E-state index contributed by atoms with van der Waals surface area (Å²) in [7, 11) is 0. The van der Waals surface area contributed by atoms with E-state index in [1.165, 1.54) is 12.3 Å². The van der Waals surface area contributed by atoms with E-state index >= 15 is 0 Å². The third-order valence-corrected chi connectivity index (χ3v) is 2.26. The molecule has 0 aliphatic rings. The van der Waals surface area contributed by atoms with Gasteiger partial charge in [0.25, 0.3) is 5.91 Å². The fourth-order valence-corrected chi connectivity index (χ4v) is 1.35. The highest BCUT2D eigenvalue weighted by molar-refractivity contribution is 6.04. The van der Waals surface area contributed by atoms with Crippen LogP contribution in [-0.2, 0) is 0 Å². The minimum atomic E-state index is -0.677. The molecule has 86 valence electrons. The fourth-order valence-electron chi connectivity index (χ4n) is 1.35. The van der Waals surface area contributed by atoms with E-state index in [0.29, 0.717) is 5.69 Å². The van der Waals surface area contributed by atoms with Crippen LogP contribution in [-0.4, -0.2) is 15.9 Å². The lowest BCUT2D eigenvalue weighted by atomic mass is 10.2.